The summed E-state index contributed by atoms with van der Waals surface area (Å²) in [6.07, 6.45) is 2.76. The Labute approximate surface area is 198 Å². The first-order valence-corrected chi connectivity index (χ1v) is 12.3. The van der Waals surface area contributed by atoms with E-state index in [1.165, 1.54) is 17.0 Å². The van der Waals surface area contributed by atoms with Gasteiger partial charge in [0.1, 0.15) is 5.82 Å². The van der Waals surface area contributed by atoms with Crippen LogP contribution >= 0.6 is 11.8 Å². The molecule has 0 bridgehead atoms. The molecule has 168 valence electrons. The van der Waals surface area contributed by atoms with Crippen molar-refractivity contribution in [2.75, 3.05) is 19.6 Å². The fourth-order valence-corrected chi connectivity index (χ4v) is 6.27. The lowest BCUT2D eigenvalue weighted by atomic mass is 9.68. The van der Waals surface area contributed by atoms with Gasteiger partial charge in [0, 0.05) is 27.3 Å². The number of carbonyl (C=O) groups excluding carboxylic acids is 2. The van der Waals surface area contributed by atoms with Crippen molar-refractivity contribution >= 4 is 23.3 Å². The molecule has 2 aliphatic heterocycles. The smallest absolute Gasteiger partial charge is 0.174 e. The molecule has 0 N–H and O–H groups in total. The Morgan fingerprint density at radius 3 is 2.33 bits per heavy atom. The molecule has 1 spiro atoms. The van der Waals surface area contributed by atoms with E-state index in [1.54, 1.807) is 23.9 Å². The van der Waals surface area contributed by atoms with Crippen LogP contribution in [0.1, 0.15) is 52.0 Å². The molecular weight excluding hydrogens is 433 g/mol. The first-order chi connectivity index (χ1) is 16.1. The Morgan fingerprint density at radius 2 is 1.58 bits per heavy atom. The van der Waals surface area contributed by atoms with E-state index in [9.17, 15) is 14.0 Å². The zero-order valence-corrected chi connectivity index (χ0v) is 19.2. The average molecular weight is 460 g/mol. The minimum absolute atomic E-state index is 0.0463. The summed E-state index contributed by atoms with van der Waals surface area (Å²) in [7, 11) is 0. The molecule has 2 heterocycles. The highest BCUT2D eigenvalue weighted by molar-refractivity contribution is 7.99. The van der Waals surface area contributed by atoms with E-state index >= 15 is 0 Å². The van der Waals surface area contributed by atoms with Gasteiger partial charge in [0.25, 0.3) is 0 Å². The van der Waals surface area contributed by atoms with Gasteiger partial charge in [-0.05, 0) is 80.9 Å². The van der Waals surface area contributed by atoms with Crippen molar-refractivity contribution in [1.82, 2.24) is 4.90 Å². The van der Waals surface area contributed by atoms with Gasteiger partial charge < -0.3 is 4.90 Å². The molecule has 1 saturated heterocycles. The van der Waals surface area contributed by atoms with E-state index < -0.39 is 5.41 Å². The van der Waals surface area contributed by atoms with E-state index in [0.29, 0.717) is 12.0 Å². The number of fused-ring (bicyclic) bond motifs is 3. The molecular formula is C28H26FNO2S. The summed E-state index contributed by atoms with van der Waals surface area (Å²) in [6.45, 7) is 2.49. The third-order valence-corrected chi connectivity index (χ3v) is 8.09. The molecule has 3 aromatic carbocycles. The summed E-state index contributed by atoms with van der Waals surface area (Å²) in [6, 6.07) is 22.1. The highest BCUT2D eigenvalue weighted by atomic mass is 32.2. The minimum atomic E-state index is -0.489. The third-order valence-electron chi connectivity index (χ3n) is 6.94. The number of piperidine rings is 1. The molecule has 3 aromatic rings. The van der Waals surface area contributed by atoms with Gasteiger partial charge in [-0.1, -0.05) is 48.2 Å². The number of likely N-dealkylation sites (tertiary alicyclic amines) is 1. The number of nitrogens with zero attached hydrogens (tertiary/aromatic N) is 1. The fourth-order valence-electron chi connectivity index (χ4n) is 5.09. The number of rotatable bonds is 5. The number of benzene rings is 3. The van der Waals surface area contributed by atoms with E-state index in [-0.39, 0.29) is 17.4 Å². The molecule has 1 fully saturated rings. The lowest BCUT2D eigenvalue weighted by Crippen LogP contribution is -2.47. The number of Topliss-reactive ketones (excluding diaryl/α,β-unsaturated/α-hetero) is 2. The minimum Gasteiger partial charge on any atom is -0.303 e. The van der Waals surface area contributed by atoms with Crippen molar-refractivity contribution in [3.8, 4) is 0 Å². The number of hydrogen-bond acceptors (Lipinski definition) is 4. The molecule has 0 atom stereocenters. The third kappa shape index (κ3) is 4.28. The Bertz CT molecular complexity index is 1180. The topological polar surface area (TPSA) is 37.4 Å². The van der Waals surface area contributed by atoms with Crippen molar-refractivity contribution in [3.05, 3.63) is 95.3 Å². The van der Waals surface area contributed by atoms with Crippen LogP contribution in [0.4, 0.5) is 4.39 Å². The predicted octanol–water partition coefficient (Wildman–Crippen LogP) is 6.17. The first-order valence-electron chi connectivity index (χ1n) is 11.5. The number of carbonyl (C=O) groups is 2. The van der Waals surface area contributed by atoms with Gasteiger partial charge in [0.15, 0.2) is 11.6 Å². The van der Waals surface area contributed by atoms with Crippen LogP contribution < -0.4 is 0 Å². The SMILES string of the molecule is O=C(CCCN1CCC2(CC1)C(=O)c1ccccc1Sc1ccccc12)c1ccc(F)cc1. The summed E-state index contributed by atoms with van der Waals surface area (Å²) in [5.74, 6) is -0.0453. The second-order valence-electron chi connectivity index (χ2n) is 8.88. The first kappa shape index (κ1) is 22.1. The number of halogens is 1. The van der Waals surface area contributed by atoms with Crippen molar-refractivity contribution in [2.24, 2.45) is 0 Å². The van der Waals surface area contributed by atoms with Crippen molar-refractivity contribution in [2.45, 2.75) is 40.9 Å². The van der Waals surface area contributed by atoms with Gasteiger partial charge in [0.2, 0.25) is 0 Å². The van der Waals surface area contributed by atoms with E-state index in [2.05, 4.69) is 17.0 Å². The van der Waals surface area contributed by atoms with Crippen LogP contribution in [0, 0.1) is 5.82 Å². The molecule has 2 aliphatic rings. The molecule has 0 radical (unpaired) electrons. The van der Waals surface area contributed by atoms with Gasteiger partial charge in [-0.3, -0.25) is 9.59 Å². The van der Waals surface area contributed by atoms with Crippen molar-refractivity contribution in [3.63, 3.8) is 0 Å². The molecule has 0 aliphatic carbocycles. The van der Waals surface area contributed by atoms with E-state index in [4.69, 9.17) is 0 Å². The average Bonchev–Trinajstić information content (AvgIpc) is 2.94. The maximum atomic E-state index is 13.9. The van der Waals surface area contributed by atoms with Crippen LogP contribution in [0.15, 0.2) is 82.6 Å². The predicted molar refractivity (Wildman–Crippen MR) is 129 cm³/mol. The van der Waals surface area contributed by atoms with Crippen LogP contribution in [-0.4, -0.2) is 36.1 Å². The summed E-state index contributed by atoms with van der Waals surface area (Å²) in [5.41, 5.74) is 2.06. The van der Waals surface area contributed by atoms with Crippen LogP contribution in [0.2, 0.25) is 0 Å². The van der Waals surface area contributed by atoms with Gasteiger partial charge in [-0.25, -0.2) is 4.39 Å². The number of ketones is 2. The molecule has 33 heavy (non-hydrogen) atoms. The van der Waals surface area contributed by atoms with Crippen LogP contribution in [0.3, 0.4) is 0 Å². The molecule has 0 amide bonds. The molecule has 0 saturated carbocycles. The zero-order chi connectivity index (χ0) is 22.8. The summed E-state index contributed by atoms with van der Waals surface area (Å²) < 4.78 is 13.1. The molecule has 0 aromatic heterocycles. The highest BCUT2D eigenvalue weighted by Gasteiger charge is 2.46. The maximum Gasteiger partial charge on any atom is 0.174 e. The van der Waals surface area contributed by atoms with Crippen molar-refractivity contribution in [1.29, 1.82) is 0 Å². The quantitative estimate of drug-likeness (QED) is 0.428. The lowest BCUT2D eigenvalue weighted by molar-refractivity contribution is 0.0762. The Hall–Kier alpha value is -2.76. The second-order valence-corrected chi connectivity index (χ2v) is 9.96. The van der Waals surface area contributed by atoms with E-state index in [0.717, 1.165) is 54.9 Å². The lowest BCUT2D eigenvalue weighted by Gasteiger charge is -2.41. The van der Waals surface area contributed by atoms with Crippen LogP contribution in [-0.2, 0) is 5.41 Å². The Balaban J connectivity index is 1.27. The van der Waals surface area contributed by atoms with Gasteiger partial charge in [-0.15, -0.1) is 0 Å². The summed E-state index contributed by atoms with van der Waals surface area (Å²) in [5, 5.41) is 0. The van der Waals surface area contributed by atoms with Gasteiger partial charge in [-0.2, -0.15) is 0 Å². The molecule has 0 unspecified atom stereocenters. The second kappa shape index (κ2) is 9.24. The monoisotopic (exact) mass is 459 g/mol. The summed E-state index contributed by atoms with van der Waals surface area (Å²) in [4.78, 5) is 30.8. The van der Waals surface area contributed by atoms with Crippen LogP contribution in [0.25, 0.3) is 0 Å². The normalized spacial score (nSPS) is 17.3. The largest absolute Gasteiger partial charge is 0.303 e. The molecule has 5 rings (SSSR count). The maximum absolute atomic E-state index is 13.9. The van der Waals surface area contributed by atoms with Crippen molar-refractivity contribution < 1.29 is 14.0 Å². The Morgan fingerprint density at radius 1 is 0.909 bits per heavy atom. The summed E-state index contributed by atoms with van der Waals surface area (Å²) >= 11 is 1.70. The van der Waals surface area contributed by atoms with Gasteiger partial charge in [0.05, 0.1) is 5.41 Å². The highest BCUT2D eigenvalue weighted by Crippen LogP contribution is 2.48. The molecule has 5 heteroatoms. The van der Waals surface area contributed by atoms with Crippen LogP contribution in [0.5, 0.6) is 0 Å². The standard InChI is InChI=1S/C28H26FNO2S/c29-21-13-11-20(12-14-21)24(31)8-5-17-30-18-15-28(16-19-30)23-7-2-4-10-26(23)33-25-9-3-1-6-22(25)27(28)32/h1-4,6-7,9-14H,5,8,15-19H2. The van der Waals surface area contributed by atoms with Gasteiger partial charge >= 0.3 is 0 Å². The number of hydrogen-bond donors (Lipinski definition) is 0. The molecule has 3 nitrogen and oxygen atoms in total. The fraction of sp³-hybridized carbons (Fsp3) is 0.286. The van der Waals surface area contributed by atoms with E-state index in [1.807, 2.05) is 36.4 Å². The zero-order valence-electron chi connectivity index (χ0n) is 18.4. The Kier molecular flexibility index (Phi) is 6.17.